The Balaban J connectivity index is 2.81. The lowest BCUT2D eigenvalue weighted by atomic mass is 10.0. The third kappa shape index (κ3) is 5.71. The van der Waals surface area contributed by atoms with E-state index in [2.05, 4.69) is 6.92 Å². The summed E-state index contributed by atoms with van der Waals surface area (Å²) in [5, 5.41) is 8.64. The Morgan fingerprint density at radius 3 is 2.53 bits per heavy atom. The van der Waals surface area contributed by atoms with Gasteiger partial charge in [-0.1, -0.05) is 55.8 Å². The fourth-order valence-corrected chi connectivity index (χ4v) is 1.53. The van der Waals surface area contributed by atoms with Crippen LogP contribution in [0.5, 0.6) is 0 Å². The smallest absolute Gasteiger partial charge is 0.328 e. The van der Waals surface area contributed by atoms with Gasteiger partial charge in [-0.05, 0) is 24.0 Å². The topological polar surface area (TPSA) is 37.3 Å². The molecule has 90 valence electrons. The average molecular weight is 230 g/mol. The molecule has 0 aliphatic heterocycles. The standard InChI is InChI=1S/C15H18O2/c1-2-3-7-14(10-11-15(16)17)12-13-8-5-4-6-9-13/h4-6,8-12H,2-3,7H2,1H3,(H,16,17). The molecular weight excluding hydrogens is 212 g/mol. The normalized spacial score (nSPS) is 11.9. The summed E-state index contributed by atoms with van der Waals surface area (Å²) < 4.78 is 0. The molecule has 0 saturated heterocycles. The highest BCUT2D eigenvalue weighted by atomic mass is 16.4. The number of rotatable bonds is 6. The third-order valence-corrected chi connectivity index (χ3v) is 2.41. The van der Waals surface area contributed by atoms with Crippen molar-refractivity contribution in [3.63, 3.8) is 0 Å². The lowest BCUT2D eigenvalue weighted by molar-refractivity contribution is -0.131. The van der Waals surface area contributed by atoms with E-state index in [1.165, 1.54) is 6.08 Å². The predicted molar refractivity (Wildman–Crippen MR) is 70.7 cm³/mol. The van der Waals surface area contributed by atoms with Gasteiger partial charge in [0.1, 0.15) is 0 Å². The molecule has 1 aromatic carbocycles. The zero-order valence-corrected chi connectivity index (χ0v) is 10.1. The van der Waals surface area contributed by atoms with E-state index in [4.69, 9.17) is 5.11 Å². The molecule has 2 heteroatoms. The number of hydrogen-bond acceptors (Lipinski definition) is 1. The molecule has 0 spiro atoms. The SMILES string of the molecule is CCCCC(C=CC(=O)O)=Cc1ccccc1. The summed E-state index contributed by atoms with van der Waals surface area (Å²) >= 11 is 0. The molecule has 1 aromatic rings. The number of benzene rings is 1. The zero-order chi connectivity index (χ0) is 12.5. The van der Waals surface area contributed by atoms with E-state index in [1.54, 1.807) is 6.08 Å². The van der Waals surface area contributed by atoms with Gasteiger partial charge >= 0.3 is 5.97 Å². The Kier molecular flexibility index (Phi) is 5.80. The minimum atomic E-state index is -0.902. The fourth-order valence-electron chi connectivity index (χ4n) is 1.53. The van der Waals surface area contributed by atoms with Crippen molar-refractivity contribution in [2.24, 2.45) is 0 Å². The van der Waals surface area contributed by atoms with Crippen molar-refractivity contribution >= 4 is 12.0 Å². The van der Waals surface area contributed by atoms with Crippen molar-refractivity contribution in [1.82, 2.24) is 0 Å². The lowest BCUT2D eigenvalue weighted by Crippen LogP contribution is -1.88. The molecule has 0 amide bonds. The quantitative estimate of drug-likeness (QED) is 0.594. The van der Waals surface area contributed by atoms with Gasteiger partial charge in [0.15, 0.2) is 0 Å². The molecule has 0 bridgehead atoms. The van der Waals surface area contributed by atoms with E-state index in [1.807, 2.05) is 36.4 Å². The maximum atomic E-state index is 10.5. The minimum Gasteiger partial charge on any atom is -0.478 e. The summed E-state index contributed by atoms with van der Waals surface area (Å²) in [7, 11) is 0. The first-order valence-electron chi connectivity index (χ1n) is 5.89. The van der Waals surface area contributed by atoms with E-state index in [0.29, 0.717) is 0 Å². The van der Waals surface area contributed by atoms with Crippen molar-refractivity contribution in [2.45, 2.75) is 26.2 Å². The molecule has 17 heavy (non-hydrogen) atoms. The van der Waals surface area contributed by atoms with Crippen molar-refractivity contribution < 1.29 is 9.90 Å². The summed E-state index contributed by atoms with van der Waals surface area (Å²) in [4.78, 5) is 10.5. The van der Waals surface area contributed by atoms with Gasteiger partial charge in [-0.15, -0.1) is 0 Å². The van der Waals surface area contributed by atoms with Crippen LogP contribution in [0.15, 0.2) is 48.1 Å². The molecule has 0 aliphatic carbocycles. The maximum Gasteiger partial charge on any atom is 0.328 e. The van der Waals surface area contributed by atoms with Gasteiger partial charge in [0, 0.05) is 6.08 Å². The molecule has 0 radical (unpaired) electrons. The second-order valence-electron chi connectivity index (χ2n) is 3.91. The van der Waals surface area contributed by atoms with Crippen LogP contribution >= 0.6 is 0 Å². The van der Waals surface area contributed by atoms with E-state index >= 15 is 0 Å². The molecule has 0 saturated carbocycles. The van der Waals surface area contributed by atoms with Crippen LogP contribution in [0.1, 0.15) is 31.7 Å². The van der Waals surface area contributed by atoms with Crippen LogP contribution in [-0.2, 0) is 4.79 Å². The van der Waals surface area contributed by atoms with Crippen LogP contribution in [0.25, 0.3) is 6.08 Å². The summed E-state index contributed by atoms with van der Waals surface area (Å²) in [5.74, 6) is -0.902. The average Bonchev–Trinajstić information content (AvgIpc) is 2.34. The molecule has 0 aliphatic rings. The maximum absolute atomic E-state index is 10.5. The summed E-state index contributed by atoms with van der Waals surface area (Å²) in [6.07, 6.45) is 8.01. The summed E-state index contributed by atoms with van der Waals surface area (Å²) in [6.45, 7) is 2.13. The van der Waals surface area contributed by atoms with Crippen molar-refractivity contribution in [1.29, 1.82) is 0 Å². The van der Waals surface area contributed by atoms with E-state index in [0.717, 1.165) is 30.4 Å². The highest BCUT2D eigenvalue weighted by Gasteiger charge is 1.95. The van der Waals surface area contributed by atoms with Gasteiger partial charge < -0.3 is 5.11 Å². The number of unbranched alkanes of at least 4 members (excludes halogenated alkanes) is 1. The van der Waals surface area contributed by atoms with Crippen molar-refractivity contribution in [2.75, 3.05) is 0 Å². The number of carboxylic acid groups (broad SMARTS) is 1. The van der Waals surface area contributed by atoms with Gasteiger partial charge in [-0.2, -0.15) is 0 Å². The second kappa shape index (κ2) is 7.44. The lowest BCUT2D eigenvalue weighted by Gasteiger charge is -2.01. The molecule has 1 N–H and O–H groups in total. The van der Waals surface area contributed by atoms with Gasteiger partial charge in [0.05, 0.1) is 0 Å². The highest BCUT2D eigenvalue weighted by Crippen LogP contribution is 2.14. The molecule has 1 rings (SSSR count). The predicted octanol–water partition coefficient (Wildman–Crippen LogP) is 3.90. The molecule has 2 nitrogen and oxygen atoms in total. The Morgan fingerprint density at radius 2 is 1.94 bits per heavy atom. The van der Waals surface area contributed by atoms with Crippen LogP contribution in [0.2, 0.25) is 0 Å². The third-order valence-electron chi connectivity index (χ3n) is 2.41. The van der Waals surface area contributed by atoms with Gasteiger partial charge in [-0.3, -0.25) is 0 Å². The largest absolute Gasteiger partial charge is 0.478 e. The minimum absolute atomic E-state index is 0.902. The number of carboxylic acids is 1. The Bertz CT molecular complexity index is 402. The van der Waals surface area contributed by atoms with Crippen LogP contribution in [0.3, 0.4) is 0 Å². The van der Waals surface area contributed by atoms with E-state index < -0.39 is 5.97 Å². The van der Waals surface area contributed by atoms with Gasteiger partial charge in [0.2, 0.25) is 0 Å². The van der Waals surface area contributed by atoms with Crippen molar-refractivity contribution in [3.8, 4) is 0 Å². The van der Waals surface area contributed by atoms with E-state index in [-0.39, 0.29) is 0 Å². The first-order chi connectivity index (χ1) is 8.22. The first kappa shape index (κ1) is 13.2. The number of carbonyl (C=O) groups is 1. The van der Waals surface area contributed by atoms with Crippen molar-refractivity contribution in [3.05, 3.63) is 53.6 Å². The second-order valence-corrected chi connectivity index (χ2v) is 3.91. The summed E-state index contributed by atoms with van der Waals surface area (Å²) in [6, 6.07) is 9.95. The molecule has 0 atom stereocenters. The fraction of sp³-hybridized carbons (Fsp3) is 0.267. The van der Waals surface area contributed by atoms with Crippen LogP contribution in [-0.4, -0.2) is 11.1 Å². The first-order valence-corrected chi connectivity index (χ1v) is 5.89. The molecule has 0 heterocycles. The monoisotopic (exact) mass is 230 g/mol. The zero-order valence-electron chi connectivity index (χ0n) is 10.1. The summed E-state index contributed by atoms with van der Waals surface area (Å²) in [5.41, 5.74) is 2.16. The number of allylic oxidation sites excluding steroid dienone is 2. The van der Waals surface area contributed by atoms with Crippen LogP contribution < -0.4 is 0 Å². The molecule has 0 fully saturated rings. The van der Waals surface area contributed by atoms with Crippen LogP contribution in [0, 0.1) is 0 Å². The molecule has 0 unspecified atom stereocenters. The highest BCUT2D eigenvalue weighted by molar-refractivity contribution is 5.80. The Morgan fingerprint density at radius 1 is 1.24 bits per heavy atom. The van der Waals surface area contributed by atoms with Gasteiger partial charge in [0.25, 0.3) is 0 Å². The van der Waals surface area contributed by atoms with Crippen LogP contribution in [0.4, 0.5) is 0 Å². The molecule has 0 aromatic heterocycles. The number of aliphatic carboxylic acids is 1. The van der Waals surface area contributed by atoms with Gasteiger partial charge in [-0.25, -0.2) is 4.79 Å². The number of hydrogen-bond donors (Lipinski definition) is 1. The van der Waals surface area contributed by atoms with E-state index in [9.17, 15) is 4.79 Å². The Hall–Kier alpha value is -1.83. The molecular formula is C15H18O2. The Labute approximate surface area is 102 Å².